The van der Waals surface area contributed by atoms with Gasteiger partial charge in [0.15, 0.2) is 0 Å². The van der Waals surface area contributed by atoms with Gasteiger partial charge in [-0.3, -0.25) is 0 Å². The molecule has 2 aromatic carbocycles. The minimum atomic E-state index is -0.161. The quantitative estimate of drug-likeness (QED) is 0.397. The van der Waals surface area contributed by atoms with Crippen molar-refractivity contribution < 1.29 is 9.53 Å². The Hall–Kier alpha value is -3.78. The number of rotatable bonds is 10. The van der Waals surface area contributed by atoms with Crippen LogP contribution in [-0.2, 0) is 6.54 Å². The zero-order chi connectivity index (χ0) is 23.8. The Balaban J connectivity index is 1.61. The van der Waals surface area contributed by atoms with Crippen LogP contribution < -0.4 is 21.1 Å². The van der Waals surface area contributed by atoms with Crippen LogP contribution in [0.2, 0.25) is 0 Å². The van der Waals surface area contributed by atoms with Gasteiger partial charge in [0.05, 0.1) is 0 Å². The first-order valence-electron chi connectivity index (χ1n) is 10.3. The summed E-state index contributed by atoms with van der Waals surface area (Å²) in [6.45, 7) is 6.40. The molecule has 0 aliphatic rings. The van der Waals surface area contributed by atoms with Crippen molar-refractivity contribution in [2.75, 3.05) is 17.7 Å². The average Bonchev–Trinajstić information content (AvgIpc) is 3.32. The topological polar surface area (TPSA) is 79.6 Å². The van der Waals surface area contributed by atoms with E-state index >= 15 is 0 Å². The van der Waals surface area contributed by atoms with Crippen LogP contribution in [0.1, 0.15) is 25.7 Å². The fraction of sp³-hybridized carbons (Fsp3) is 0.120. The zero-order valence-electron chi connectivity index (χ0n) is 18.8. The molecule has 4 N–H and O–H groups in total. The van der Waals surface area contributed by atoms with E-state index in [0.29, 0.717) is 11.4 Å². The first-order valence-corrected chi connectivity index (χ1v) is 11.1. The number of methoxy groups -OCH3 is 1. The third-order valence-corrected chi connectivity index (χ3v) is 6.08. The fourth-order valence-electron chi connectivity index (χ4n) is 3.14. The van der Waals surface area contributed by atoms with Crippen LogP contribution in [0.25, 0.3) is 0 Å². The molecule has 0 unspecified atom stereocenters. The van der Waals surface area contributed by atoms with E-state index in [0.717, 1.165) is 38.7 Å². The summed E-state index contributed by atoms with van der Waals surface area (Å²) < 4.78 is 5.25. The van der Waals surface area contributed by atoms with Gasteiger partial charge in [0.2, 0.25) is 0 Å². The summed E-state index contributed by atoms with van der Waals surface area (Å²) in [6.07, 6.45) is 4.91. The summed E-state index contributed by atoms with van der Waals surface area (Å²) in [5.41, 5.74) is 9.95. The Bertz CT molecular complexity index is 1170. The average molecular weight is 458 g/mol. The summed E-state index contributed by atoms with van der Waals surface area (Å²) in [4.78, 5) is 16.1. The molecule has 6 nitrogen and oxygen atoms in total. The molecule has 168 valence electrons. The number of thiophene rings is 1. The van der Waals surface area contributed by atoms with Crippen LogP contribution in [0.15, 0.2) is 79.8 Å². The third-order valence-electron chi connectivity index (χ3n) is 4.94. The number of benzene rings is 2. The third kappa shape index (κ3) is 6.36. The number of hydrogen-bond acceptors (Lipinski definition) is 6. The molecule has 0 aliphatic heterocycles. The van der Waals surface area contributed by atoms with E-state index in [1.54, 1.807) is 25.6 Å². The molecule has 1 amide bonds. The number of ether oxygens (including phenoxy) is 1. The molecule has 1 aromatic heterocycles. The molecule has 0 spiro atoms. The molecular weight excluding hydrogens is 431 g/mol. The molecule has 33 heavy (non-hydrogen) atoms. The molecule has 3 aromatic rings. The Morgan fingerprint density at radius 2 is 1.88 bits per heavy atom. The van der Waals surface area contributed by atoms with E-state index in [4.69, 9.17) is 10.5 Å². The SMILES string of the molecule is B=C(Nc1ccc(OC)cc1C)c1ccc(C(=O)Nc2ccc(CN(C=C)/C=C\N)cc2)s1. The van der Waals surface area contributed by atoms with E-state index in [2.05, 4.69) is 24.7 Å². The predicted molar refractivity (Wildman–Crippen MR) is 140 cm³/mol. The van der Waals surface area contributed by atoms with Gasteiger partial charge in [0, 0.05) is 12.4 Å². The van der Waals surface area contributed by atoms with Gasteiger partial charge in [0.25, 0.3) is 0 Å². The van der Waals surface area contributed by atoms with Crippen LogP contribution in [-0.4, -0.2) is 31.0 Å². The monoisotopic (exact) mass is 458 g/mol. The molecule has 0 saturated heterocycles. The van der Waals surface area contributed by atoms with Crippen molar-refractivity contribution >= 4 is 41.7 Å². The predicted octanol–water partition coefficient (Wildman–Crippen LogP) is 4.18. The number of amides is 1. The van der Waals surface area contributed by atoms with Crippen LogP contribution in [0.5, 0.6) is 5.75 Å². The second-order valence-corrected chi connectivity index (χ2v) is 8.38. The maximum atomic E-state index is 12.7. The molecule has 0 radical (unpaired) electrons. The number of aryl methyl sites for hydroxylation is 1. The Labute approximate surface area is 199 Å². The van der Waals surface area contributed by atoms with Crippen LogP contribution in [0.4, 0.5) is 11.4 Å². The zero-order valence-corrected chi connectivity index (χ0v) is 19.6. The van der Waals surface area contributed by atoms with Gasteiger partial charge in [-0.1, -0.05) is 6.58 Å². The second kappa shape index (κ2) is 11.2. The van der Waals surface area contributed by atoms with Crippen molar-refractivity contribution in [2.24, 2.45) is 5.73 Å². The van der Waals surface area contributed by atoms with E-state index < -0.39 is 0 Å². The molecule has 0 bridgehead atoms. The molecule has 0 fully saturated rings. The van der Waals surface area contributed by atoms with Crippen molar-refractivity contribution in [3.05, 3.63) is 101 Å². The van der Waals surface area contributed by atoms with Crippen molar-refractivity contribution in [2.45, 2.75) is 13.5 Å². The Morgan fingerprint density at radius 1 is 1.15 bits per heavy atom. The fourth-order valence-corrected chi connectivity index (χ4v) is 3.96. The molecule has 0 saturated carbocycles. The van der Waals surface area contributed by atoms with Gasteiger partial charge in [-0.15, -0.1) is 0 Å². The minimum absolute atomic E-state index is 0.161. The number of nitrogens with two attached hydrogens (primary N) is 1. The van der Waals surface area contributed by atoms with Gasteiger partial charge in [-0.2, -0.15) is 0 Å². The second-order valence-electron chi connectivity index (χ2n) is 7.30. The number of hydrogen-bond donors (Lipinski definition) is 3. The normalized spacial score (nSPS) is 10.6. The summed E-state index contributed by atoms with van der Waals surface area (Å²) in [5.74, 6) is 0.642. The van der Waals surface area contributed by atoms with E-state index in [1.165, 1.54) is 17.5 Å². The first kappa shape index (κ1) is 23.9. The van der Waals surface area contributed by atoms with Crippen LogP contribution in [0.3, 0.4) is 0 Å². The van der Waals surface area contributed by atoms with Crippen molar-refractivity contribution in [3.8, 4) is 5.75 Å². The van der Waals surface area contributed by atoms with Gasteiger partial charge < -0.3 is 5.73 Å². The van der Waals surface area contributed by atoms with E-state index in [1.807, 2.05) is 60.4 Å². The number of anilines is 2. The molecule has 8 heteroatoms. The molecule has 3 rings (SSSR count). The van der Waals surface area contributed by atoms with Crippen molar-refractivity contribution in [1.29, 1.82) is 0 Å². The van der Waals surface area contributed by atoms with Gasteiger partial charge in [-0.05, 0) is 6.20 Å². The summed E-state index contributed by atoms with van der Waals surface area (Å²) >= 11 is 1.39. The standard InChI is InChI=1S/C25H27BN4O2S/c1-4-30(14-13-27)16-18-5-7-19(8-6-18)28-25(31)23-12-11-22(33-23)24(26)29-21-10-9-20(32-3)15-17(21)2/h4-15,26,29H,1,16,27H2,2-3H3,(H,28,31)/b14-13-. The molecular formula is C25H27BN4O2S. The number of nitrogens with zero attached hydrogens (tertiary/aromatic N) is 1. The molecule has 1 heterocycles. The van der Waals surface area contributed by atoms with E-state index in [-0.39, 0.29) is 5.91 Å². The Kier molecular flexibility index (Phi) is 8.10. The van der Waals surface area contributed by atoms with Gasteiger partial charge >= 0.3 is 169 Å². The summed E-state index contributed by atoms with van der Waals surface area (Å²) in [7, 11) is 5.77. The van der Waals surface area contributed by atoms with Crippen LogP contribution >= 0.6 is 11.3 Å². The van der Waals surface area contributed by atoms with Gasteiger partial charge in [0.1, 0.15) is 0 Å². The Morgan fingerprint density at radius 3 is 2.52 bits per heavy atom. The molecule has 0 atom stereocenters. The van der Waals surface area contributed by atoms with Crippen molar-refractivity contribution in [3.63, 3.8) is 0 Å². The molecule has 0 aliphatic carbocycles. The number of nitrogens with one attached hydrogen (secondary N) is 2. The number of carbonyl (C=O) groups excluding carboxylic acids is 1. The van der Waals surface area contributed by atoms with Crippen molar-refractivity contribution in [1.82, 2.24) is 4.90 Å². The first-order chi connectivity index (χ1) is 15.9. The van der Waals surface area contributed by atoms with Gasteiger partial charge in [-0.25, -0.2) is 0 Å². The number of carbonyl (C=O) groups is 1. The summed E-state index contributed by atoms with van der Waals surface area (Å²) in [5, 5.41) is 6.26. The van der Waals surface area contributed by atoms with E-state index in [9.17, 15) is 4.79 Å². The maximum absolute atomic E-state index is 12.7. The summed E-state index contributed by atoms with van der Waals surface area (Å²) in [6, 6.07) is 17.2. The van der Waals surface area contributed by atoms with Crippen LogP contribution in [0, 0.1) is 6.92 Å².